The third kappa shape index (κ3) is 3.54. The second-order valence-electron chi connectivity index (χ2n) is 10.8. The summed E-state index contributed by atoms with van der Waals surface area (Å²) < 4.78 is 7.04. The SMILES string of the molecule is O=C1CC[C@@]2(OCCCc3ccccc3)[C@@H]3Cc4cccc(O)c4[C@@]2(CCN3CC2CC2)C1. The summed E-state index contributed by atoms with van der Waals surface area (Å²) in [5, 5.41) is 11.1. The van der Waals surface area contributed by atoms with Crippen molar-refractivity contribution in [1.82, 2.24) is 4.90 Å². The first-order valence-corrected chi connectivity index (χ1v) is 12.9. The first-order valence-electron chi connectivity index (χ1n) is 12.9. The fourth-order valence-electron chi connectivity index (χ4n) is 7.28. The zero-order valence-corrected chi connectivity index (χ0v) is 19.5. The molecule has 1 saturated heterocycles. The first kappa shape index (κ1) is 21.4. The molecular weight excluding hydrogens is 410 g/mol. The van der Waals surface area contributed by atoms with Gasteiger partial charge in [0.05, 0.1) is 5.60 Å². The van der Waals surface area contributed by atoms with E-state index in [0.29, 0.717) is 31.0 Å². The Balaban J connectivity index is 1.36. The van der Waals surface area contributed by atoms with Crippen molar-refractivity contribution in [2.75, 3.05) is 19.7 Å². The molecule has 2 saturated carbocycles. The van der Waals surface area contributed by atoms with Crippen molar-refractivity contribution in [2.45, 2.75) is 74.8 Å². The summed E-state index contributed by atoms with van der Waals surface area (Å²) in [6, 6.07) is 16.8. The molecule has 0 amide bonds. The van der Waals surface area contributed by atoms with Crippen LogP contribution in [0, 0.1) is 5.92 Å². The summed E-state index contributed by atoms with van der Waals surface area (Å²) in [7, 11) is 0. The van der Waals surface area contributed by atoms with Gasteiger partial charge < -0.3 is 9.84 Å². The number of nitrogens with zero attached hydrogens (tertiary/aromatic N) is 1. The number of ether oxygens (including phenoxy) is 1. The maximum Gasteiger partial charge on any atom is 0.134 e. The highest BCUT2D eigenvalue weighted by Crippen LogP contribution is 2.61. The predicted molar refractivity (Wildman–Crippen MR) is 128 cm³/mol. The van der Waals surface area contributed by atoms with Crippen LogP contribution in [0.1, 0.15) is 61.6 Å². The van der Waals surface area contributed by atoms with E-state index in [2.05, 4.69) is 41.3 Å². The van der Waals surface area contributed by atoms with Gasteiger partial charge in [0.25, 0.3) is 0 Å². The molecule has 2 bridgehead atoms. The number of hydrogen-bond donors (Lipinski definition) is 1. The van der Waals surface area contributed by atoms with Gasteiger partial charge in [-0.05, 0) is 74.6 Å². The molecule has 4 heteroatoms. The third-order valence-corrected chi connectivity index (χ3v) is 8.91. The highest BCUT2D eigenvalue weighted by Gasteiger charge is 2.67. The van der Waals surface area contributed by atoms with Crippen molar-refractivity contribution in [3.8, 4) is 5.75 Å². The Morgan fingerprint density at radius 2 is 1.91 bits per heavy atom. The average Bonchev–Trinajstić information content (AvgIpc) is 3.63. The molecule has 33 heavy (non-hydrogen) atoms. The van der Waals surface area contributed by atoms with Crippen molar-refractivity contribution in [1.29, 1.82) is 0 Å². The van der Waals surface area contributed by atoms with Crippen molar-refractivity contribution in [2.24, 2.45) is 5.92 Å². The number of rotatable bonds is 7. The molecule has 3 aliphatic carbocycles. The largest absolute Gasteiger partial charge is 0.508 e. The van der Waals surface area contributed by atoms with E-state index in [0.717, 1.165) is 56.7 Å². The van der Waals surface area contributed by atoms with E-state index in [1.807, 2.05) is 12.1 Å². The molecule has 4 aliphatic rings. The Labute approximate surface area is 196 Å². The molecule has 1 N–H and O–H groups in total. The Hall–Kier alpha value is -2.17. The van der Waals surface area contributed by atoms with E-state index >= 15 is 0 Å². The van der Waals surface area contributed by atoms with Crippen LogP contribution in [0.15, 0.2) is 48.5 Å². The molecular formula is C29H35NO3. The normalized spacial score (nSPS) is 31.2. The van der Waals surface area contributed by atoms with Crippen LogP contribution in [-0.4, -0.2) is 47.1 Å². The van der Waals surface area contributed by atoms with Gasteiger partial charge in [0.1, 0.15) is 11.5 Å². The quantitative estimate of drug-likeness (QED) is 0.622. The van der Waals surface area contributed by atoms with Gasteiger partial charge >= 0.3 is 0 Å². The predicted octanol–water partition coefficient (Wildman–Crippen LogP) is 4.81. The van der Waals surface area contributed by atoms with E-state index in [4.69, 9.17) is 4.74 Å². The molecule has 4 nitrogen and oxygen atoms in total. The van der Waals surface area contributed by atoms with Gasteiger partial charge in [0.15, 0.2) is 0 Å². The van der Waals surface area contributed by atoms with Gasteiger partial charge in [0, 0.05) is 43.0 Å². The molecule has 6 rings (SSSR count). The molecule has 0 radical (unpaired) electrons. The standard InChI is InChI=1S/C29H35NO3/c31-24-13-14-29(33-17-5-8-21-6-2-1-3-7-21)26-18-23-9-4-10-25(32)27(23)28(29,19-24)15-16-30(26)20-22-11-12-22/h1-4,6-7,9-10,22,26,32H,5,8,11-20H2/t26-,28+,29+/m0/s1. The lowest BCUT2D eigenvalue weighted by molar-refractivity contribution is -0.201. The van der Waals surface area contributed by atoms with E-state index in [-0.39, 0.29) is 6.04 Å². The highest BCUT2D eigenvalue weighted by molar-refractivity contribution is 5.83. The Morgan fingerprint density at radius 1 is 1.06 bits per heavy atom. The average molecular weight is 446 g/mol. The molecule has 2 aromatic carbocycles. The van der Waals surface area contributed by atoms with Crippen LogP contribution in [0.25, 0.3) is 0 Å². The number of aryl methyl sites for hydroxylation is 1. The fourth-order valence-corrected chi connectivity index (χ4v) is 7.28. The lowest BCUT2D eigenvalue weighted by atomic mass is 9.49. The lowest BCUT2D eigenvalue weighted by Gasteiger charge is -2.65. The number of phenols is 1. The molecule has 0 spiro atoms. The van der Waals surface area contributed by atoms with Crippen molar-refractivity contribution >= 4 is 5.78 Å². The number of carbonyl (C=O) groups is 1. The minimum atomic E-state index is -0.404. The maximum atomic E-state index is 12.9. The molecule has 0 unspecified atom stereocenters. The Kier molecular flexibility index (Phi) is 5.34. The number of piperidine rings is 1. The second kappa shape index (κ2) is 8.25. The molecule has 3 fully saturated rings. The molecule has 0 aromatic heterocycles. The van der Waals surface area contributed by atoms with Crippen molar-refractivity contribution < 1.29 is 14.6 Å². The Bertz CT molecular complexity index is 1030. The van der Waals surface area contributed by atoms with Crippen molar-refractivity contribution in [3.05, 3.63) is 65.2 Å². The monoisotopic (exact) mass is 445 g/mol. The number of aromatic hydroxyl groups is 1. The zero-order valence-electron chi connectivity index (χ0n) is 19.5. The van der Waals surface area contributed by atoms with Gasteiger partial charge in [-0.15, -0.1) is 0 Å². The third-order valence-electron chi connectivity index (χ3n) is 8.91. The smallest absolute Gasteiger partial charge is 0.134 e. The summed E-state index contributed by atoms with van der Waals surface area (Å²) in [5.74, 6) is 1.50. The molecule has 3 atom stereocenters. The van der Waals surface area contributed by atoms with E-state index in [1.54, 1.807) is 0 Å². The molecule has 1 aliphatic heterocycles. The highest BCUT2D eigenvalue weighted by atomic mass is 16.5. The first-order chi connectivity index (χ1) is 16.1. The lowest BCUT2D eigenvalue weighted by Crippen LogP contribution is -2.74. The number of ketones is 1. The molecule has 2 aromatic rings. The summed E-state index contributed by atoms with van der Waals surface area (Å²) in [6.07, 6.45) is 8.33. The summed E-state index contributed by atoms with van der Waals surface area (Å²) in [4.78, 5) is 15.6. The van der Waals surface area contributed by atoms with Gasteiger partial charge in [-0.25, -0.2) is 0 Å². The van der Waals surface area contributed by atoms with E-state index in [9.17, 15) is 9.90 Å². The summed E-state index contributed by atoms with van der Waals surface area (Å²) in [5.41, 5.74) is 2.78. The number of likely N-dealkylation sites (tertiary alicyclic amines) is 1. The van der Waals surface area contributed by atoms with Crippen LogP contribution < -0.4 is 0 Å². The fraction of sp³-hybridized carbons (Fsp3) is 0.552. The van der Waals surface area contributed by atoms with E-state index < -0.39 is 11.0 Å². The number of carbonyl (C=O) groups excluding carboxylic acids is 1. The molecule has 174 valence electrons. The maximum absolute atomic E-state index is 12.9. The van der Waals surface area contributed by atoms with Crippen LogP contribution in [0.5, 0.6) is 5.75 Å². The number of phenolic OH excluding ortho intramolecular Hbond substituents is 1. The van der Waals surface area contributed by atoms with Crippen LogP contribution in [0.4, 0.5) is 0 Å². The molecule has 1 heterocycles. The number of benzene rings is 2. The zero-order chi connectivity index (χ0) is 22.5. The van der Waals surface area contributed by atoms with Gasteiger partial charge in [-0.2, -0.15) is 0 Å². The number of hydrogen-bond acceptors (Lipinski definition) is 4. The minimum Gasteiger partial charge on any atom is -0.508 e. The van der Waals surface area contributed by atoms with Gasteiger partial charge in [-0.3, -0.25) is 9.69 Å². The van der Waals surface area contributed by atoms with Crippen LogP contribution in [0.2, 0.25) is 0 Å². The summed E-state index contributed by atoms with van der Waals surface area (Å²) >= 11 is 0. The number of Topliss-reactive ketones (excluding diaryl/α,β-unsaturated/α-hetero) is 1. The van der Waals surface area contributed by atoms with Crippen LogP contribution >= 0.6 is 0 Å². The number of fused-ring (bicyclic) bond motifs is 1. The second-order valence-corrected chi connectivity index (χ2v) is 10.8. The Morgan fingerprint density at radius 3 is 2.73 bits per heavy atom. The minimum absolute atomic E-state index is 0.283. The van der Waals surface area contributed by atoms with Gasteiger partial charge in [0.2, 0.25) is 0 Å². The van der Waals surface area contributed by atoms with Gasteiger partial charge in [-0.1, -0.05) is 42.5 Å². The van der Waals surface area contributed by atoms with Crippen molar-refractivity contribution in [3.63, 3.8) is 0 Å². The summed E-state index contributed by atoms with van der Waals surface area (Å²) in [6.45, 7) is 2.84. The van der Waals surface area contributed by atoms with Crippen LogP contribution in [-0.2, 0) is 27.8 Å². The van der Waals surface area contributed by atoms with E-state index in [1.165, 1.54) is 24.0 Å². The van der Waals surface area contributed by atoms with Crippen LogP contribution in [0.3, 0.4) is 0 Å². The topological polar surface area (TPSA) is 49.8 Å².